The van der Waals surface area contributed by atoms with Crippen LogP contribution in [0, 0.1) is 12.3 Å². The summed E-state index contributed by atoms with van der Waals surface area (Å²) >= 11 is 0. The molecule has 0 bridgehead atoms. The summed E-state index contributed by atoms with van der Waals surface area (Å²) in [7, 11) is -5.32. The Morgan fingerprint density at radius 1 is 1.14 bits per heavy atom. The van der Waals surface area contributed by atoms with E-state index in [-0.39, 0.29) is 24.1 Å². The molecule has 1 saturated carbocycles. The third-order valence-corrected chi connectivity index (χ3v) is 8.41. The first-order valence-electron chi connectivity index (χ1n) is 7.66. The van der Waals surface area contributed by atoms with E-state index in [1.807, 2.05) is 0 Å². The molecule has 1 atom stereocenters. The van der Waals surface area contributed by atoms with Crippen LogP contribution in [0.15, 0.2) is 0 Å². The van der Waals surface area contributed by atoms with Gasteiger partial charge in [0.15, 0.2) is 9.84 Å². The molecule has 1 heterocycles. The zero-order valence-corrected chi connectivity index (χ0v) is 14.6. The quantitative estimate of drug-likeness (QED) is 0.683. The predicted molar refractivity (Wildman–Crippen MR) is 86.2 cm³/mol. The van der Waals surface area contributed by atoms with Crippen LogP contribution in [0.1, 0.15) is 38.5 Å². The lowest BCUT2D eigenvalue weighted by Gasteiger charge is -2.35. The highest BCUT2D eigenvalue weighted by atomic mass is 32.2. The Bertz CT molecular complexity index is 630. The molecule has 1 aliphatic heterocycles. The van der Waals surface area contributed by atoms with Crippen molar-refractivity contribution in [2.24, 2.45) is 0 Å². The molecule has 0 radical (unpaired) electrons. The standard InChI is InChI=1S/C14H24N2O4S2/c1-3-10-16(14-9-11-21(17,18)12-14)22(19,20)15(2)13-7-5-4-6-8-13/h1,13-14H,4-12H2,2H3. The average molecular weight is 348 g/mol. The van der Waals surface area contributed by atoms with E-state index in [0.29, 0.717) is 6.42 Å². The molecule has 8 heteroatoms. The van der Waals surface area contributed by atoms with Crippen LogP contribution < -0.4 is 0 Å². The normalized spacial score (nSPS) is 26.4. The molecule has 1 aliphatic carbocycles. The van der Waals surface area contributed by atoms with E-state index >= 15 is 0 Å². The van der Waals surface area contributed by atoms with Crippen molar-refractivity contribution in [1.82, 2.24) is 8.61 Å². The van der Waals surface area contributed by atoms with Crippen molar-refractivity contribution in [1.29, 1.82) is 0 Å². The second-order valence-electron chi connectivity index (χ2n) is 6.12. The van der Waals surface area contributed by atoms with Gasteiger partial charge < -0.3 is 0 Å². The molecule has 0 spiro atoms. The number of nitrogens with zero attached hydrogens (tertiary/aromatic N) is 2. The maximum atomic E-state index is 12.9. The van der Waals surface area contributed by atoms with Crippen LogP contribution in [0.25, 0.3) is 0 Å². The lowest BCUT2D eigenvalue weighted by molar-refractivity contribution is 0.255. The molecule has 22 heavy (non-hydrogen) atoms. The number of hydrogen-bond donors (Lipinski definition) is 0. The van der Waals surface area contributed by atoms with Crippen molar-refractivity contribution in [2.75, 3.05) is 25.1 Å². The molecule has 126 valence electrons. The molecular weight excluding hydrogens is 324 g/mol. The van der Waals surface area contributed by atoms with E-state index < -0.39 is 26.1 Å². The van der Waals surface area contributed by atoms with Crippen LogP contribution in [-0.2, 0) is 20.0 Å². The molecule has 0 aromatic rings. The topological polar surface area (TPSA) is 74.8 Å². The van der Waals surface area contributed by atoms with Crippen molar-refractivity contribution in [3.8, 4) is 12.3 Å². The van der Waals surface area contributed by atoms with Gasteiger partial charge in [-0.05, 0) is 19.3 Å². The third-order valence-electron chi connectivity index (χ3n) is 4.61. The summed E-state index contributed by atoms with van der Waals surface area (Å²) in [5.74, 6) is 2.26. The van der Waals surface area contributed by atoms with Crippen LogP contribution in [0.2, 0.25) is 0 Å². The minimum atomic E-state index is -3.74. The number of rotatable bonds is 5. The van der Waals surface area contributed by atoms with Crippen molar-refractivity contribution >= 4 is 20.0 Å². The zero-order valence-electron chi connectivity index (χ0n) is 12.9. The van der Waals surface area contributed by atoms with Gasteiger partial charge in [0.05, 0.1) is 18.1 Å². The Labute approximate surface area is 134 Å². The summed E-state index contributed by atoms with van der Waals surface area (Å²) in [5, 5.41) is 0. The Hall–Kier alpha value is -0.620. The van der Waals surface area contributed by atoms with E-state index in [9.17, 15) is 16.8 Å². The molecule has 1 saturated heterocycles. The largest absolute Gasteiger partial charge is 0.283 e. The molecule has 6 nitrogen and oxygen atoms in total. The summed E-state index contributed by atoms with van der Waals surface area (Å²) in [5.41, 5.74) is 0. The Morgan fingerprint density at radius 3 is 2.27 bits per heavy atom. The lowest BCUT2D eigenvalue weighted by Crippen LogP contribution is -2.51. The first kappa shape index (κ1) is 17.7. The third kappa shape index (κ3) is 3.82. The van der Waals surface area contributed by atoms with E-state index in [4.69, 9.17) is 6.42 Å². The van der Waals surface area contributed by atoms with Gasteiger partial charge in [-0.3, -0.25) is 0 Å². The number of sulfone groups is 1. The van der Waals surface area contributed by atoms with Crippen molar-refractivity contribution in [3.63, 3.8) is 0 Å². The minimum Gasteiger partial charge on any atom is -0.229 e. The van der Waals surface area contributed by atoms with Crippen molar-refractivity contribution < 1.29 is 16.8 Å². The SMILES string of the molecule is C#CCN(C1CCS(=O)(=O)C1)S(=O)(=O)N(C)C1CCCCC1. The summed E-state index contributed by atoms with van der Waals surface area (Å²) in [6.45, 7) is -0.0838. The second kappa shape index (κ2) is 6.87. The molecule has 0 N–H and O–H groups in total. The lowest BCUT2D eigenvalue weighted by atomic mass is 9.96. The minimum absolute atomic E-state index is 0.0166. The van der Waals surface area contributed by atoms with Crippen molar-refractivity contribution in [2.45, 2.75) is 50.6 Å². The van der Waals surface area contributed by atoms with Gasteiger partial charge in [-0.15, -0.1) is 6.42 Å². The van der Waals surface area contributed by atoms with Gasteiger partial charge in [0, 0.05) is 19.1 Å². The highest BCUT2D eigenvalue weighted by Crippen LogP contribution is 2.27. The summed E-state index contributed by atoms with van der Waals surface area (Å²) < 4.78 is 51.7. The van der Waals surface area contributed by atoms with E-state index in [1.54, 1.807) is 7.05 Å². The van der Waals surface area contributed by atoms with Gasteiger partial charge in [0.2, 0.25) is 0 Å². The summed E-state index contributed by atoms with van der Waals surface area (Å²) in [6, 6.07) is -0.561. The molecule has 0 amide bonds. The van der Waals surface area contributed by atoms with Crippen LogP contribution >= 0.6 is 0 Å². The molecule has 2 fully saturated rings. The molecule has 0 aromatic heterocycles. The Kier molecular flexibility index (Phi) is 5.54. The second-order valence-corrected chi connectivity index (χ2v) is 10.3. The maximum absolute atomic E-state index is 12.9. The first-order chi connectivity index (χ1) is 10.3. The summed E-state index contributed by atoms with van der Waals surface area (Å²) in [6.07, 6.45) is 10.5. The van der Waals surface area contributed by atoms with E-state index in [0.717, 1.165) is 32.1 Å². The van der Waals surface area contributed by atoms with Gasteiger partial charge in [-0.2, -0.15) is 17.0 Å². The van der Waals surface area contributed by atoms with Gasteiger partial charge >= 0.3 is 0 Å². The summed E-state index contributed by atoms with van der Waals surface area (Å²) in [4.78, 5) is 0. The molecule has 2 rings (SSSR count). The highest BCUT2D eigenvalue weighted by molar-refractivity contribution is 7.91. The number of hydrogen-bond acceptors (Lipinski definition) is 4. The van der Waals surface area contributed by atoms with Gasteiger partial charge in [-0.25, -0.2) is 8.42 Å². The monoisotopic (exact) mass is 348 g/mol. The Balaban J connectivity index is 2.20. The van der Waals surface area contributed by atoms with E-state index in [2.05, 4.69) is 5.92 Å². The molecular formula is C14H24N2O4S2. The fourth-order valence-corrected chi connectivity index (χ4v) is 6.83. The van der Waals surface area contributed by atoms with Crippen LogP contribution in [-0.4, -0.2) is 62.6 Å². The number of terminal acetylenes is 1. The van der Waals surface area contributed by atoms with Crippen molar-refractivity contribution in [3.05, 3.63) is 0 Å². The van der Waals surface area contributed by atoms with E-state index in [1.165, 1.54) is 8.61 Å². The molecule has 0 aromatic carbocycles. The maximum Gasteiger partial charge on any atom is 0.283 e. The van der Waals surface area contributed by atoms with Gasteiger partial charge in [0.1, 0.15) is 0 Å². The fourth-order valence-electron chi connectivity index (χ4n) is 3.29. The van der Waals surface area contributed by atoms with Gasteiger partial charge in [0.25, 0.3) is 10.2 Å². The van der Waals surface area contributed by atoms with Crippen LogP contribution in [0.3, 0.4) is 0 Å². The zero-order chi connectivity index (χ0) is 16.4. The Morgan fingerprint density at radius 2 is 1.77 bits per heavy atom. The molecule has 2 aliphatic rings. The molecule has 1 unspecified atom stereocenters. The smallest absolute Gasteiger partial charge is 0.229 e. The fraction of sp³-hybridized carbons (Fsp3) is 0.857. The van der Waals surface area contributed by atoms with Gasteiger partial charge in [-0.1, -0.05) is 25.2 Å². The highest BCUT2D eigenvalue weighted by Gasteiger charge is 2.41. The predicted octanol–water partition coefficient (Wildman–Crippen LogP) is 0.618. The van der Waals surface area contributed by atoms with Crippen LogP contribution in [0.5, 0.6) is 0 Å². The first-order valence-corrected chi connectivity index (χ1v) is 10.9. The van der Waals surface area contributed by atoms with Crippen LogP contribution in [0.4, 0.5) is 0 Å². The average Bonchev–Trinajstić information content (AvgIpc) is 2.84.